The molecule has 0 saturated heterocycles. The molecule has 0 aromatic rings. The standard InChI is InChI=1S/C5H15O14P3/c6-1-3(17-20(8,9)10)5(19-22(14,15)16)4(2-7)18-21(11,12)13/h3-7H,1-2H2,(H2,8,9,10)(H2,11,12,13)(H2,14,15,16)/t3-,4-/m1/s1. The molecule has 0 bridgehead atoms. The SMILES string of the molecule is O=P(O)(O)OC([C@@H](CO)OP(=O)(O)O)[C@@H](CO)OP(=O)(O)O. The van der Waals surface area contributed by atoms with E-state index in [0.29, 0.717) is 0 Å². The van der Waals surface area contributed by atoms with Gasteiger partial charge in [0.25, 0.3) is 0 Å². The van der Waals surface area contributed by atoms with Crippen LogP contribution in [0.5, 0.6) is 0 Å². The molecule has 0 aromatic heterocycles. The molecule has 0 rings (SSSR count). The molecular formula is C5H15O14P3. The van der Waals surface area contributed by atoms with Crippen LogP contribution in [0.2, 0.25) is 0 Å². The molecule has 17 heteroatoms. The molecule has 0 heterocycles. The summed E-state index contributed by atoms with van der Waals surface area (Å²) >= 11 is 0. The fourth-order valence-corrected chi connectivity index (χ4v) is 2.95. The van der Waals surface area contributed by atoms with Crippen LogP contribution in [0.25, 0.3) is 0 Å². The molecule has 22 heavy (non-hydrogen) atoms. The van der Waals surface area contributed by atoms with Crippen LogP contribution in [0.1, 0.15) is 0 Å². The summed E-state index contributed by atoms with van der Waals surface area (Å²) in [7, 11) is -15.9. The molecule has 0 amide bonds. The van der Waals surface area contributed by atoms with E-state index < -0.39 is 55.0 Å². The topological polar surface area (TPSA) is 241 Å². The maximum Gasteiger partial charge on any atom is 0.470 e. The van der Waals surface area contributed by atoms with Crippen LogP contribution in [-0.4, -0.2) is 71.1 Å². The van der Waals surface area contributed by atoms with E-state index in [1.54, 1.807) is 0 Å². The quantitative estimate of drug-likeness (QED) is 0.178. The van der Waals surface area contributed by atoms with Gasteiger partial charge in [-0.3, -0.25) is 13.6 Å². The monoisotopic (exact) mass is 392 g/mol. The molecule has 2 atom stereocenters. The molecule has 0 radical (unpaired) electrons. The second-order valence-electron chi connectivity index (χ2n) is 3.69. The Kier molecular flexibility index (Phi) is 8.47. The highest BCUT2D eigenvalue weighted by molar-refractivity contribution is 7.47. The first kappa shape index (κ1) is 22.2. The molecule has 0 aliphatic heterocycles. The van der Waals surface area contributed by atoms with E-state index >= 15 is 0 Å². The molecule has 0 spiro atoms. The van der Waals surface area contributed by atoms with Crippen molar-refractivity contribution >= 4 is 23.5 Å². The Hall–Kier alpha value is 0.250. The van der Waals surface area contributed by atoms with Crippen molar-refractivity contribution in [1.82, 2.24) is 0 Å². The maximum atomic E-state index is 10.8. The third-order valence-electron chi connectivity index (χ3n) is 1.90. The first-order chi connectivity index (χ1) is 9.68. The molecule has 0 saturated carbocycles. The van der Waals surface area contributed by atoms with Crippen molar-refractivity contribution in [2.45, 2.75) is 18.3 Å². The van der Waals surface area contributed by atoms with Crippen molar-refractivity contribution in [3.05, 3.63) is 0 Å². The van der Waals surface area contributed by atoms with Crippen LogP contribution in [0, 0.1) is 0 Å². The van der Waals surface area contributed by atoms with Crippen LogP contribution in [0.4, 0.5) is 0 Å². The second kappa shape index (κ2) is 8.38. The van der Waals surface area contributed by atoms with Gasteiger partial charge in [-0.1, -0.05) is 0 Å². The minimum atomic E-state index is -5.38. The first-order valence-corrected chi connectivity index (χ1v) is 9.71. The number of aliphatic hydroxyl groups is 2. The fraction of sp³-hybridized carbons (Fsp3) is 1.00. The largest absolute Gasteiger partial charge is 0.470 e. The van der Waals surface area contributed by atoms with Gasteiger partial charge < -0.3 is 39.6 Å². The smallest absolute Gasteiger partial charge is 0.394 e. The van der Waals surface area contributed by atoms with Crippen LogP contribution in [0.15, 0.2) is 0 Å². The summed E-state index contributed by atoms with van der Waals surface area (Å²) in [6, 6.07) is 0. The summed E-state index contributed by atoms with van der Waals surface area (Å²) in [5, 5.41) is 17.9. The number of rotatable bonds is 10. The molecule has 134 valence electrons. The van der Waals surface area contributed by atoms with Crippen molar-refractivity contribution in [2.24, 2.45) is 0 Å². The van der Waals surface area contributed by atoms with E-state index in [4.69, 9.17) is 39.6 Å². The minimum absolute atomic E-state index is 1.29. The number of hydrogen-bond acceptors (Lipinski definition) is 8. The lowest BCUT2D eigenvalue weighted by molar-refractivity contribution is -0.0809. The third kappa shape index (κ3) is 10.1. The van der Waals surface area contributed by atoms with Gasteiger partial charge in [0.05, 0.1) is 13.2 Å². The normalized spacial score (nSPS) is 16.8. The van der Waals surface area contributed by atoms with E-state index in [1.165, 1.54) is 0 Å². The fourth-order valence-electron chi connectivity index (χ4n) is 1.28. The number of aliphatic hydroxyl groups excluding tert-OH is 2. The Labute approximate surface area is 123 Å². The Balaban J connectivity index is 5.52. The van der Waals surface area contributed by atoms with Gasteiger partial charge in [-0.2, -0.15) is 0 Å². The Morgan fingerprint density at radius 3 is 1.09 bits per heavy atom. The van der Waals surface area contributed by atoms with Gasteiger partial charge in [0.1, 0.15) is 18.3 Å². The molecule has 0 aliphatic rings. The van der Waals surface area contributed by atoms with E-state index in [-0.39, 0.29) is 0 Å². The lowest BCUT2D eigenvalue weighted by Crippen LogP contribution is -2.45. The Morgan fingerprint density at radius 2 is 0.909 bits per heavy atom. The summed E-state index contributed by atoms with van der Waals surface area (Å²) in [4.78, 5) is 51.9. The Bertz CT molecular complexity index is 441. The molecular weight excluding hydrogens is 377 g/mol. The highest BCUT2D eigenvalue weighted by Gasteiger charge is 2.42. The van der Waals surface area contributed by atoms with E-state index in [1.807, 2.05) is 0 Å². The minimum Gasteiger partial charge on any atom is -0.394 e. The van der Waals surface area contributed by atoms with Crippen molar-refractivity contribution < 1.29 is 66.8 Å². The molecule has 0 fully saturated rings. The maximum absolute atomic E-state index is 10.8. The number of phosphoric acid groups is 3. The lowest BCUT2D eigenvalue weighted by Gasteiger charge is -2.31. The molecule has 0 aliphatic carbocycles. The zero-order valence-electron chi connectivity index (χ0n) is 10.5. The summed E-state index contributed by atoms with van der Waals surface area (Å²) < 4.78 is 44.3. The average Bonchev–Trinajstić information content (AvgIpc) is 2.27. The summed E-state index contributed by atoms with van der Waals surface area (Å²) in [6.45, 7) is -2.59. The zero-order chi connectivity index (χ0) is 17.8. The van der Waals surface area contributed by atoms with Gasteiger partial charge >= 0.3 is 23.5 Å². The zero-order valence-corrected chi connectivity index (χ0v) is 13.2. The number of hydrogen-bond donors (Lipinski definition) is 8. The predicted octanol–water partition coefficient (Wildman–Crippen LogP) is -2.60. The number of phosphoric ester groups is 3. The predicted molar refractivity (Wildman–Crippen MR) is 64.9 cm³/mol. The van der Waals surface area contributed by atoms with E-state index in [2.05, 4.69) is 13.6 Å². The van der Waals surface area contributed by atoms with Gasteiger partial charge in [-0.25, -0.2) is 13.7 Å². The van der Waals surface area contributed by atoms with Crippen LogP contribution in [-0.2, 0) is 27.3 Å². The molecule has 0 aromatic carbocycles. The summed E-state index contributed by atoms with van der Waals surface area (Å²) in [6.07, 6.45) is -6.69. The van der Waals surface area contributed by atoms with Crippen molar-refractivity contribution in [3.63, 3.8) is 0 Å². The molecule has 0 unspecified atom stereocenters. The van der Waals surface area contributed by atoms with Crippen molar-refractivity contribution in [2.75, 3.05) is 13.2 Å². The Morgan fingerprint density at radius 1 is 0.636 bits per heavy atom. The summed E-state index contributed by atoms with van der Waals surface area (Å²) in [5.74, 6) is 0. The van der Waals surface area contributed by atoms with Gasteiger partial charge in [0, 0.05) is 0 Å². The van der Waals surface area contributed by atoms with Gasteiger partial charge in [-0.05, 0) is 0 Å². The summed E-state index contributed by atoms with van der Waals surface area (Å²) in [5.41, 5.74) is 0. The first-order valence-electron chi connectivity index (χ1n) is 5.12. The van der Waals surface area contributed by atoms with Crippen LogP contribution < -0.4 is 0 Å². The van der Waals surface area contributed by atoms with Gasteiger partial charge in [0.2, 0.25) is 0 Å². The van der Waals surface area contributed by atoms with Crippen molar-refractivity contribution in [1.29, 1.82) is 0 Å². The third-order valence-corrected chi connectivity index (χ3v) is 3.51. The second-order valence-corrected chi connectivity index (χ2v) is 7.27. The lowest BCUT2D eigenvalue weighted by atomic mass is 10.1. The van der Waals surface area contributed by atoms with Gasteiger partial charge in [0.15, 0.2) is 0 Å². The van der Waals surface area contributed by atoms with E-state index in [0.717, 1.165) is 0 Å². The van der Waals surface area contributed by atoms with Crippen LogP contribution in [0.3, 0.4) is 0 Å². The highest BCUT2D eigenvalue weighted by atomic mass is 31.2. The highest BCUT2D eigenvalue weighted by Crippen LogP contribution is 2.46. The van der Waals surface area contributed by atoms with E-state index in [9.17, 15) is 13.7 Å². The van der Waals surface area contributed by atoms with Crippen LogP contribution >= 0.6 is 23.5 Å². The van der Waals surface area contributed by atoms with Gasteiger partial charge in [-0.15, -0.1) is 0 Å². The average molecular weight is 392 g/mol. The van der Waals surface area contributed by atoms with Crippen molar-refractivity contribution in [3.8, 4) is 0 Å². The molecule has 8 N–H and O–H groups in total. The molecule has 14 nitrogen and oxygen atoms in total.